The molecule has 1 atom stereocenters. The van der Waals surface area contributed by atoms with E-state index >= 15 is 0 Å². The molecule has 1 aliphatic rings. The van der Waals surface area contributed by atoms with Gasteiger partial charge >= 0.3 is 0 Å². The van der Waals surface area contributed by atoms with E-state index in [1.54, 1.807) is 12.4 Å². The van der Waals surface area contributed by atoms with Crippen LogP contribution in [0.2, 0.25) is 0 Å². The molecule has 1 aromatic heterocycles. The van der Waals surface area contributed by atoms with Crippen molar-refractivity contribution < 1.29 is 5.11 Å². The first-order chi connectivity index (χ1) is 9.29. The van der Waals surface area contributed by atoms with Gasteiger partial charge in [0.1, 0.15) is 0 Å². The number of hydrogen-bond donors (Lipinski definition) is 2. The summed E-state index contributed by atoms with van der Waals surface area (Å²) in [5, 5.41) is 12.2. The van der Waals surface area contributed by atoms with Crippen LogP contribution in [0.25, 0.3) is 0 Å². The van der Waals surface area contributed by atoms with E-state index < -0.39 is 0 Å². The second-order valence-electron chi connectivity index (χ2n) is 4.92. The maximum Gasteiger partial charge on any atom is 0.225 e. The molecular weight excluding hydrogens is 242 g/mol. The monoisotopic (exact) mass is 265 g/mol. The van der Waals surface area contributed by atoms with Crippen molar-refractivity contribution in [3.63, 3.8) is 0 Å². The minimum absolute atomic E-state index is 0.180. The van der Waals surface area contributed by atoms with Gasteiger partial charge in [-0.25, -0.2) is 9.97 Å². The fourth-order valence-electron chi connectivity index (χ4n) is 2.16. The van der Waals surface area contributed by atoms with E-state index in [0.717, 1.165) is 45.2 Å². The molecule has 0 amide bonds. The maximum atomic E-state index is 8.94. The van der Waals surface area contributed by atoms with Gasteiger partial charge in [-0.15, -0.1) is 0 Å². The Balaban J connectivity index is 1.68. The van der Waals surface area contributed by atoms with Gasteiger partial charge in [-0.1, -0.05) is 0 Å². The molecule has 19 heavy (non-hydrogen) atoms. The van der Waals surface area contributed by atoms with Gasteiger partial charge in [-0.3, -0.25) is 4.90 Å². The van der Waals surface area contributed by atoms with Crippen molar-refractivity contribution in [1.29, 1.82) is 0 Å². The molecule has 0 unspecified atom stereocenters. The van der Waals surface area contributed by atoms with Crippen LogP contribution in [-0.4, -0.2) is 71.9 Å². The van der Waals surface area contributed by atoms with E-state index in [0.29, 0.717) is 0 Å². The standard InChI is InChI=1S/C13H23N5O/c1-12(11-19)14-5-6-17-7-9-18(10-8-17)13-15-3-2-4-16-13/h2-4,12,14,19H,5-11H2,1H3/t12-/m0/s1. The molecule has 2 N–H and O–H groups in total. The lowest BCUT2D eigenvalue weighted by atomic mass is 10.3. The summed E-state index contributed by atoms with van der Waals surface area (Å²) in [6.07, 6.45) is 3.57. The number of anilines is 1. The van der Waals surface area contributed by atoms with E-state index in [4.69, 9.17) is 5.11 Å². The van der Waals surface area contributed by atoms with Crippen molar-refractivity contribution in [1.82, 2.24) is 20.2 Å². The largest absolute Gasteiger partial charge is 0.395 e. The number of aromatic nitrogens is 2. The topological polar surface area (TPSA) is 64.5 Å². The number of piperazine rings is 1. The minimum atomic E-state index is 0.180. The molecule has 2 rings (SSSR count). The summed E-state index contributed by atoms with van der Waals surface area (Å²) >= 11 is 0. The highest BCUT2D eigenvalue weighted by atomic mass is 16.3. The van der Waals surface area contributed by atoms with E-state index in [-0.39, 0.29) is 12.6 Å². The van der Waals surface area contributed by atoms with Crippen molar-refractivity contribution in [3.8, 4) is 0 Å². The van der Waals surface area contributed by atoms with Crippen LogP contribution in [0.3, 0.4) is 0 Å². The average Bonchev–Trinajstić information content (AvgIpc) is 2.48. The highest BCUT2D eigenvalue weighted by Crippen LogP contribution is 2.08. The highest BCUT2D eigenvalue weighted by Gasteiger charge is 2.18. The third-order valence-corrected chi connectivity index (χ3v) is 3.40. The van der Waals surface area contributed by atoms with Crippen LogP contribution < -0.4 is 10.2 Å². The lowest BCUT2D eigenvalue weighted by Crippen LogP contribution is -2.49. The summed E-state index contributed by atoms with van der Waals surface area (Å²) in [5.74, 6) is 0.828. The van der Waals surface area contributed by atoms with Crippen LogP contribution in [0.15, 0.2) is 18.5 Å². The van der Waals surface area contributed by atoms with E-state index in [1.165, 1.54) is 0 Å². The Morgan fingerprint density at radius 1 is 1.26 bits per heavy atom. The molecule has 0 bridgehead atoms. The van der Waals surface area contributed by atoms with Crippen LogP contribution in [-0.2, 0) is 0 Å². The third kappa shape index (κ3) is 4.41. The summed E-state index contributed by atoms with van der Waals surface area (Å²) < 4.78 is 0. The van der Waals surface area contributed by atoms with Gasteiger partial charge in [0.2, 0.25) is 5.95 Å². The molecule has 1 aliphatic heterocycles. The predicted molar refractivity (Wildman–Crippen MR) is 75.2 cm³/mol. The number of aliphatic hydroxyl groups excluding tert-OH is 1. The first-order valence-electron chi connectivity index (χ1n) is 6.88. The third-order valence-electron chi connectivity index (χ3n) is 3.40. The van der Waals surface area contributed by atoms with Crippen LogP contribution in [0, 0.1) is 0 Å². The molecule has 1 aromatic rings. The Labute approximate surface area is 114 Å². The normalized spacial score (nSPS) is 18.5. The van der Waals surface area contributed by atoms with E-state index in [1.807, 2.05) is 13.0 Å². The zero-order chi connectivity index (χ0) is 13.5. The fraction of sp³-hybridized carbons (Fsp3) is 0.692. The zero-order valence-corrected chi connectivity index (χ0v) is 11.5. The number of aliphatic hydroxyl groups is 1. The molecule has 0 radical (unpaired) electrons. The van der Waals surface area contributed by atoms with Crippen molar-refractivity contribution in [2.75, 3.05) is 50.8 Å². The summed E-state index contributed by atoms with van der Waals surface area (Å²) in [6.45, 7) is 8.14. The van der Waals surface area contributed by atoms with Crippen molar-refractivity contribution >= 4 is 5.95 Å². The van der Waals surface area contributed by atoms with Crippen LogP contribution >= 0.6 is 0 Å². The summed E-state index contributed by atoms with van der Waals surface area (Å²) in [7, 11) is 0. The van der Waals surface area contributed by atoms with Gasteiger partial charge < -0.3 is 15.3 Å². The number of nitrogens with zero attached hydrogens (tertiary/aromatic N) is 4. The SMILES string of the molecule is C[C@@H](CO)NCCN1CCN(c2ncccn2)CC1. The molecule has 1 saturated heterocycles. The number of hydrogen-bond acceptors (Lipinski definition) is 6. The first kappa shape index (κ1) is 14.2. The van der Waals surface area contributed by atoms with Crippen LogP contribution in [0.4, 0.5) is 5.95 Å². The zero-order valence-electron chi connectivity index (χ0n) is 11.5. The predicted octanol–water partition coefficient (Wildman–Crippen LogP) is -0.431. The summed E-state index contributed by atoms with van der Waals surface area (Å²) in [6, 6.07) is 2.02. The quantitative estimate of drug-likeness (QED) is 0.728. The van der Waals surface area contributed by atoms with Crippen molar-refractivity contribution in [2.24, 2.45) is 0 Å². The summed E-state index contributed by atoms with van der Waals surface area (Å²) in [5.41, 5.74) is 0. The number of rotatable bonds is 6. The Bertz CT molecular complexity index is 353. The molecule has 0 aromatic carbocycles. The Morgan fingerprint density at radius 3 is 2.58 bits per heavy atom. The van der Waals surface area contributed by atoms with E-state index in [9.17, 15) is 0 Å². The Morgan fingerprint density at radius 2 is 1.95 bits per heavy atom. The van der Waals surface area contributed by atoms with Crippen molar-refractivity contribution in [3.05, 3.63) is 18.5 Å². The Kier molecular flexibility index (Phi) is 5.50. The minimum Gasteiger partial charge on any atom is -0.395 e. The Hall–Kier alpha value is -1.24. The van der Waals surface area contributed by atoms with Gasteiger partial charge in [0, 0.05) is 57.7 Å². The lowest BCUT2D eigenvalue weighted by Gasteiger charge is -2.34. The molecule has 0 spiro atoms. The van der Waals surface area contributed by atoms with Gasteiger partial charge in [0.25, 0.3) is 0 Å². The molecule has 0 saturated carbocycles. The maximum absolute atomic E-state index is 8.94. The average molecular weight is 265 g/mol. The van der Waals surface area contributed by atoms with Crippen LogP contribution in [0.5, 0.6) is 0 Å². The smallest absolute Gasteiger partial charge is 0.225 e. The van der Waals surface area contributed by atoms with Gasteiger partial charge in [0.05, 0.1) is 6.61 Å². The molecular formula is C13H23N5O. The fourth-order valence-corrected chi connectivity index (χ4v) is 2.16. The number of nitrogens with one attached hydrogen (secondary N) is 1. The van der Waals surface area contributed by atoms with Crippen LogP contribution in [0.1, 0.15) is 6.92 Å². The molecule has 106 valence electrons. The van der Waals surface area contributed by atoms with Gasteiger partial charge in [0.15, 0.2) is 0 Å². The van der Waals surface area contributed by atoms with Crippen molar-refractivity contribution in [2.45, 2.75) is 13.0 Å². The molecule has 2 heterocycles. The molecule has 1 fully saturated rings. The lowest BCUT2D eigenvalue weighted by molar-refractivity contribution is 0.228. The molecule has 6 heteroatoms. The summed E-state index contributed by atoms with van der Waals surface area (Å²) in [4.78, 5) is 13.2. The second kappa shape index (κ2) is 7.37. The molecule has 0 aliphatic carbocycles. The van der Waals surface area contributed by atoms with Gasteiger partial charge in [-0.2, -0.15) is 0 Å². The first-order valence-corrected chi connectivity index (χ1v) is 6.88. The van der Waals surface area contributed by atoms with Gasteiger partial charge in [-0.05, 0) is 13.0 Å². The highest BCUT2D eigenvalue weighted by molar-refractivity contribution is 5.29. The van der Waals surface area contributed by atoms with E-state index in [2.05, 4.69) is 25.1 Å². The molecule has 6 nitrogen and oxygen atoms in total. The second-order valence-corrected chi connectivity index (χ2v) is 4.92.